The zero-order chi connectivity index (χ0) is 13.7. The maximum absolute atomic E-state index is 12.1. The van der Waals surface area contributed by atoms with Crippen LogP contribution in [0.3, 0.4) is 0 Å². The highest BCUT2D eigenvalue weighted by atomic mass is 16.2. The van der Waals surface area contributed by atoms with Crippen molar-refractivity contribution in [3.8, 4) is 6.07 Å². The van der Waals surface area contributed by atoms with Gasteiger partial charge >= 0.3 is 0 Å². The lowest BCUT2D eigenvalue weighted by molar-refractivity contribution is 0.0779. The fourth-order valence-corrected chi connectivity index (χ4v) is 1.62. The molecule has 0 aliphatic heterocycles. The van der Waals surface area contributed by atoms with E-state index in [0.717, 1.165) is 5.56 Å². The van der Waals surface area contributed by atoms with Crippen LogP contribution in [0.1, 0.15) is 21.6 Å². The van der Waals surface area contributed by atoms with Crippen LogP contribution < -0.4 is 0 Å². The Kier molecular flexibility index (Phi) is 3.84. The van der Waals surface area contributed by atoms with Crippen LogP contribution in [-0.2, 0) is 6.54 Å². The number of amides is 1. The number of hydrogen-bond acceptors (Lipinski definition) is 4. The van der Waals surface area contributed by atoms with Crippen LogP contribution in [0.5, 0.6) is 0 Å². The summed E-state index contributed by atoms with van der Waals surface area (Å²) in [5.41, 5.74) is 1.77. The average Bonchev–Trinajstić information content (AvgIpc) is 2.47. The van der Waals surface area contributed by atoms with Gasteiger partial charge in [0.1, 0.15) is 11.8 Å². The van der Waals surface area contributed by atoms with E-state index in [1.165, 1.54) is 6.20 Å². The molecule has 0 N–H and O–H groups in total. The molecule has 0 spiro atoms. The average molecular weight is 252 g/mol. The Balaban J connectivity index is 2.08. The molecule has 0 bridgehead atoms. The first kappa shape index (κ1) is 12.7. The lowest BCUT2D eigenvalue weighted by atomic mass is 10.2. The Bertz CT molecular complexity index is 602. The van der Waals surface area contributed by atoms with Gasteiger partial charge in [-0.3, -0.25) is 9.78 Å². The third-order valence-corrected chi connectivity index (χ3v) is 2.63. The quantitative estimate of drug-likeness (QED) is 0.832. The number of carbonyl (C=O) groups excluding carboxylic acids is 1. The van der Waals surface area contributed by atoms with Gasteiger partial charge in [-0.05, 0) is 29.8 Å². The largest absolute Gasteiger partial charge is 0.336 e. The van der Waals surface area contributed by atoms with E-state index in [1.54, 1.807) is 36.5 Å². The number of nitriles is 1. The summed E-state index contributed by atoms with van der Waals surface area (Å²) in [5, 5.41) is 8.68. The van der Waals surface area contributed by atoms with Crippen molar-refractivity contribution in [3.63, 3.8) is 0 Å². The van der Waals surface area contributed by atoms with E-state index >= 15 is 0 Å². The van der Waals surface area contributed by atoms with Gasteiger partial charge in [0.25, 0.3) is 5.91 Å². The van der Waals surface area contributed by atoms with Gasteiger partial charge in [0.2, 0.25) is 0 Å². The van der Waals surface area contributed by atoms with Crippen molar-refractivity contribution < 1.29 is 4.79 Å². The normalized spacial score (nSPS) is 9.68. The predicted octanol–water partition coefficient (Wildman–Crippen LogP) is 1.62. The van der Waals surface area contributed by atoms with E-state index in [-0.39, 0.29) is 5.91 Å². The maximum atomic E-state index is 12.1. The van der Waals surface area contributed by atoms with Crippen LogP contribution in [0.2, 0.25) is 0 Å². The lowest BCUT2D eigenvalue weighted by Crippen LogP contribution is -2.26. The Labute approximate surface area is 111 Å². The molecule has 19 heavy (non-hydrogen) atoms. The lowest BCUT2D eigenvalue weighted by Gasteiger charge is -2.16. The molecule has 1 amide bonds. The summed E-state index contributed by atoms with van der Waals surface area (Å²) in [6, 6.07) is 8.83. The van der Waals surface area contributed by atoms with Crippen LogP contribution in [0.4, 0.5) is 0 Å². The van der Waals surface area contributed by atoms with Crippen molar-refractivity contribution in [2.45, 2.75) is 6.54 Å². The molecular formula is C14H12N4O. The summed E-state index contributed by atoms with van der Waals surface area (Å²) in [6.45, 7) is 0.489. The third kappa shape index (κ3) is 3.13. The number of aromatic nitrogens is 2. The summed E-state index contributed by atoms with van der Waals surface area (Å²) in [4.78, 5) is 21.6. The molecule has 2 rings (SSSR count). The minimum absolute atomic E-state index is 0.179. The van der Waals surface area contributed by atoms with Crippen molar-refractivity contribution in [2.75, 3.05) is 7.05 Å². The van der Waals surface area contributed by atoms with Crippen molar-refractivity contribution in [1.82, 2.24) is 14.9 Å². The van der Waals surface area contributed by atoms with Crippen molar-refractivity contribution >= 4 is 5.91 Å². The second kappa shape index (κ2) is 5.74. The molecule has 0 radical (unpaired) electrons. The van der Waals surface area contributed by atoms with Crippen LogP contribution in [0.15, 0.2) is 42.9 Å². The molecule has 94 valence electrons. The van der Waals surface area contributed by atoms with Gasteiger partial charge in [-0.1, -0.05) is 0 Å². The SMILES string of the molecule is CN(Cc1ccncc1)C(=O)c1ccc(C#N)cn1. The Morgan fingerprint density at radius 3 is 2.63 bits per heavy atom. The van der Waals surface area contributed by atoms with E-state index in [2.05, 4.69) is 9.97 Å². The highest BCUT2D eigenvalue weighted by Gasteiger charge is 2.13. The molecule has 0 aliphatic rings. The van der Waals surface area contributed by atoms with Gasteiger partial charge in [0.05, 0.1) is 5.56 Å². The van der Waals surface area contributed by atoms with Crippen molar-refractivity contribution in [2.24, 2.45) is 0 Å². The predicted molar refractivity (Wildman–Crippen MR) is 69.0 cm³/mol. The van der Waals surface area contributed by atoms with Crippen molar-refractivity contribution in [3.05, 3.63) is 59.7 Å². The number of hydrogen-bond donors (Lipinski definition) is 0. The molecule has 0 unspecified atom stereocenters. The molecular weight excluding hydrogens is 240 g/mol. The van der Waals surface area contributed by atoms with Crippen LogP contribution in [0.25, 0.3) is 0 Å². The molecule has 0 aliphatic carbocycles. The summed E-state index contributed by atoms with van der Waals surface area (Å²) < 4.78 is 0. The van der Waals surface area contributed by atoms with Gasteiger partial charge < -0.3 is 4.90 Å². The van der Waals surface area contributed by atoms with Gasteiger partial charge in [-0.25, -0.2) is 4.98 Å². The van der Waals surface area contributed by atoms with Gasteiger partial charge in [0, 0.05) is 32.2 Å². The van der Waals surface area contributed by atoms with E-state index in [4.69, 9.17) is 5.26 Å². The first-order valence-electron chi connectivity index (χ1n) is 5.71. The van der Waals surface area contributed by atoms with Crippen molar-refractivity contribution in [1.29, 1.82) is 5.26 Å². The molecule has 0 aromatic carbocycles. The molecule has 5 heteroatoms. The molecule has 5 nitrogen and oxygen atoms in total. The smallest absolute Gasteiger partial charge is 0.272 e. The number of rotatable bonds is 3. The first-order valence-corrected chi connectivity index (χ1v) is 5.71. The minimum atomic E-state index is -0.179. The van der Waals surface area contributed by atoms with Crippen LogP contribution in [0, 0.1) is 11.3 Å². The molecule has 2 heterocycles. The first-order chi connectivity index (χ1) is 9.20. The number of nitrogens with zero attached hydrogens (tertiary/aromatic N) is 4. The zero-order valence-electron chi connectivity index (χ0n) is 10.4. The molecule has 0 atom stereocenters. The Morgan fingerprint density at radius 1 is 1.32 bits per heavy atom. The van der Waals surface area contributed by atoms with E-state index < -0.39 is 0 Å². The topological polar surface area (TPSA) is 69.9 Å². The number of carbonyl (C=O) groups is 1. The molecule has 0 saturated carbocycles. The fraction of sp³-hybridized carbons (Fsp3) is 0.143. The number of pyridine rings is 2. The minimum Gasteiger partial charge on any atom is -0.336 e. The van der Waals surface area contributed by atoms with Crippen LogP contribution >= 0.6 is 0 Å². The van der Waals surface area contributed by atoms with Gasteiger partial charge in [-0.2, -0.15) is 5.26 Å². The van der Waals surface area contributed by atoms with Gasteiger partial charge in [-0.15, -0.1) is 0 Å². The van der Waals surface area contributed by atoms with Gasteiger partial charge in [0.15, 0.2) is 0 Å². The Morgan fingerprint density at radius 2 is 2.05 bits per heavy atom. The summed E-state index contributed by atoms with van der Waals surface area (Å²) in [5.74, 6) is -0.179. The molecule has 2 aromatic heterocycles. The summed E-state index contributed by atoms with van der Waals surface area (Å²) in [6.07, 6.45) is 4.77. The third-order valence-electron chi connectivity index (χ3n) is 2.63. The maximum Gasteiger partial charge on any atom is 0.272 e. The molecule has 0 saturated heterocycles. The monoisotopic (exact) mass is 252 g/mol. The second-order valence-electron chi connectivity index (χ2n) is 4.06. The fourth-order valence-electron chi connectivity index (χ4n) is 1.62. The van der Waals surface area contributed by atoms with E-state index in [1.807, 2.05) is 18.2 Å². The van der Waals surface area contributed by atoms with Crippen LogP contribution in [-0.4, -0.2) is 27.8 Å². The summed E-state index contributed by atoms with van der Waals surface area (Å²) >= 11 is 0. The molecule has 0 fully saturated rings. The molecule has 2 aromatic rings. The zero-order valence-corrected chi connectivity index (χ0v) is 10.4. The van der Waals surface area contributed by atoms with E-state index in [0.29, 0.717) is 17.8 Å². The highest BCUT2D eigenvalue weighted by Crippen LogP contribution is 2.06. The van der Waals surface area contributed by atoms with E-state index in [9.17, 15) is 4.79 Å². The second-order valence-corrected chi connectivity index (χ2v) is 4.06. The highest BCUT2D eigenvalue weighted by molar-refractivity contribution is 5.92. The summed E-state index contributed by atoms with van der Waals surface area (Å²) in [7, 11) is 1.71. The standard InChI is InChI=1S/C14H12N4O/c1-18(10-11-4-6-16-7-5-11)14(19)13-3-2-12(8-15)9-17-13/h2-7,9H,10H2,1H3. The Hall–Kier alpha value is -2.74.